The Hall–Kier alpha value is -1.77. The summed E-state index contributed by atoms with van der Waals surface area (Å²) in [6.07, 6.45) is 1.70. The molecule has 1 aromatic carbocycles. The van der Waals surface area contributed by atoms with Gasteiger partial charge in [-0.05, 0) is 19.1 Å². The lowest BCUT2D eigenvalue weighted by Crippen LogP contribution is -1.93. The monoisotopic (exact) mass is 176 g/mol. The second-order valence-corrected chi connectivity index (χ2v) is 2.74. The number of phenolic OH excluding ortho intramolecular Hbond substituents is 1. The van der Waals surface area contributed by atoms with Crippen molar-refractivity contribution in [2.24, 2.45) is 0 Å². The number of carbonyl (C=O) groups excluding carboxylic acids is 1. The van der Waals surface area contributed by atoms with E-state index in [4.69, 9.17) is 4.74 Å². The van der Waals surface area contributed by atoms with Gasteiger partial charge in [-0.3, -0.25) is 0 Å². The van der Waals surface area contributed by atoms with E-state index in [1.54, 1.807) is 25.1 Å². The molecule has 0 radical (unpaired) electrons. The normalized spacial score (nSPS) is 17.3. The maximum absolute atomic E-state index is 11.2. The van der Waals surface area contributed by atoms with Gasteiger partial charge in [-0.15, -0.1) is 0 Å². The molecule has 0 fully saturated rings. The van der Waals surface area contributed by atoms with E-state index in [1.807, 2.05) is 0 Å². The van der Waals surface area contributed by atoms with Crippen LogP contribution in [0, 0.1) is 0 Å². The smallest absolute Gasteiger partial charge is 0.348 e. The van der Waals surface area contributed by atoms with Crippen molar-refractivity contribution < 1.29 is 14.6 Å². The Morgan fingerprint density at radius 3 is 2.92 bits per heavy atom. The molecule has 1 aliphatic rings. The van der Waals surface area contributed by atoms with Crippen molar-refractivity contribution in [1.82, 2.24) is 0 Å². The lowest BCUT2D eigenvalue weighted by molar-refractivity contribution is 0.0713. The van der Waals surface area contributed by atoms with E-state index in [1.165, 1.54) is 6.07 Å². The number of allylic oxidation sites excluding steroid dienone is 1. The van der Waals surface area contributed by atoms with Crippen LogP contribution in [0.3, 0.4) is 0 Å². The van der Waals surface area contributed by atoms with E-state index in [0.717, 1.165) is 0 Å². The lowest BCUT2D eigenvalue weighted by atomic mass is 10.1. The molecule has 3 nitrogen and oxygen atoms in total. The third kappa shape index (κ3) is 1.01. The molecule has 1 aromatic rings. The second-order valence-electron chi connectivity index (χ2n) is 2.74. The van der Waals surface area contributed by atoms with Gasteiger partial charge in [0.15, 0.2) is 0 Å². The number of carbonyl (C=O) groups is 1. The van der Waals surface area contributed by atoms with Crippen LogP contribution in [0.25, 0.3) is 5.76 Å². The van der Waals surface area contributed by atoms with E-state index in [9.17, 15) is 9.90 Å². The number of aromatic hydroxyl groups is 1. The van der Waals surface area contributed by atoms with E-state index >= 15 is 0 Å². The number of fused-ring (bicyclic) bond motifs is 1. The molecule has 0 unspecified atom stereocenters. The number of hydrogen-bond acceptors (Lipinski definition) is 3. The molecule has 1 N–H and O–H groups in total. The average Bonchev–Trinajstić information content (AvgIpc) is 2.44. The fraction of sp³-hybridized carbons (Fsp3) is 0.100. The van der Waals surface area contributed by atoms with Gasteiger partial charge in [0.1, 0.15) is 17.1 Å². The topological polar surface area (TPSA) is 46.5 Å². The van der Waals surface area contributed by atoms with E-state index in [-0.39, 0.29) is 11.3 Å². The Balaban J connectivity index is 2.72. The van der Waals surface area contributed by atoms with Crippen molar-refractivity contribution in [3.8, 4) is 5.75 Å². The molecule has 0 saturated heterocycles. The van der Waals surface area contributed by atoms with Crippen molar-refractivity contribution in [3.05, 3.63) is 35.4 Å². The first kappa shape index (κ1) is 7.86. The molecule has 0 spiro atoms. The van der Waals surface area contributed by atoms with E-state index < -0.39 is 5.97 Å². The molecule has 0 atom stereocenters. The second kappa shape index (κ2) is 2.62. The third-order valence-corrected chi connectivity index (χ3v) is 1.98. The summed E-state index contributed by atoms with van der Waals surface area (Å²) < 4.78 is 4.92. The first-order valence-electron chi connectivity index (χ1n) is 3.95. The highest BCUT2D eigenvalue weighted by molar-refractivity contribution is 6.05. The van der Waals surface area contributed by atoms with Crippen LogP contribution in [0.4, 0.5) is 0 Å². The van der Waals surface area contributed by atoms with Gasteiger partial charge < -0.3 is 9.84 Å². The molecular weight excluding hydrogens is 168 g/mol. The summed E-state index contributed by atoms with van der Waals surface area (Å²) in [6, 6.07) is 4.90. The minimum Gasteiger partial charge on any atom is -0.507 e. The van der Waals surface area contributed by atoms with Gasteiger partial charge in [-0.2, -0.15) is 0 Å². The van der Waals surface area contributed by atoms with Crippen LogP contribution >= 0.6 is 0 Å². The lowest BCUT2D eigenvalue weighted by Gasteiger charge is -1.96. The van der Waals surface area contributed by atoms with Gasteiger partial charge >= 0.3 is 5.97 Å². The van der Waals surface area contributed by atoms with Crippen LogP contribution in [-0.2, 0) is 4.74 Å². The Bertz CT molecular complexity index is 405. The summed E-state index contributed by atoms with van der Waals surface area (Å²) in [4.78, 5) is 11.2. The van der Waals surface area contributed by atoms with Crippen LogP contribution < -0.4 is 0 Å². The molecule has 0 aromatic heterocycles. The average molecular weight is 176 g/mol. The van der Waals surface area contributed by atoms with Gasteiger partial charge in [0.25, 0.3) is 0 Å². The Labute approximate surface area is 75.3 Å². The van der Waals surface area contributed by atoms with Crippen molar-refractivity contribution >= 4 is 11.7 Å². The molecule has 1 heterocycles. The molecule has 0 amide bonds. The fourth-order valence-corrected chi connectivity index (χ4v) is 1.38. The largest absolute Gasteiger partial charge is 0.507 e. The summed E-state index contributed by atoms with van der Waals surface area (Å²) in [6.45, 7) is 1.78. The predicted molar refractivity (Wildman–Crippen MR) is 47.2 cm³/mol. The van der Waals surface area contributed by atoms with Crippen LogP contribution in [-0.4, -0.2) is 11.1 Å². The zero-order valence-electron chi connectivity index (χ0n) is 7.07. The summed E-state index contributed by atoms with van der Waals surface area (Å²) >= 11 is 0. The fourth-order valence-electron chi connectivity index (χ4n) is 1.38. The SMILES string of the molecule is C/C=C1\OC(=O)c2c(O)cccc21. The number of ether oxygens (including phenoxy) is 1. The maximum Gasteiger partial charge on any atom is 0.348 e. The van der Waals surface area contributed by atoms with Crippen molar-refractivity contribution in [3.63, 3.8) is 0 Å². The number of benzene rings is 1. The quantitative estimate of drug-likeness (QED) is 0.614. The first-order valence-corrected chi connectivity index (χ1v) is 3.95. The molecule has 0 aliphatic carbocycles. The molecule has 3 heteroatoms. The Morgan fingerprint density at radius 1 is 1.46 bits per heavy atom. The highest BCUT2D eigenvalue weighted by Gasteiger charge is 2.28. The summed E-state index contributed by atoms with van der Waals surface area (Å²) in [5.74, 6) is -0.00329. The molecule has 66 valence electrons. The molecular formula is C10H8O3. The number of esters is 1. The van der Waals surface area contributed by atoms with Crippen LogP contribution in [0.15, 0.2) is 24.3 Å². The van der Waals surface area contributed by atoms with Crippen molar-refractivity contribution in [2.75, 3.05) is 0 Å². The highest BCUT2D eigenvalue weighted by atomic mass is 16.5. The van der Waals surface area contributed by atoms with E-state index in [2.05, 4.69) is 0 Å². The third-order valence-electron chi connectivity index (χ3n) is 1.98. The van der Waals surface area contributed by atoms with E-state index in [0.29, 0.717) is 11.3 Å². The Morgan fingerprint density at radius 2 is 2.23 bits per heavy atom. The van der Waals surface area contributed by atoms with Gasteiger partial charge in [-0.1, -0.05) is 12.1 Å². The molecule has 0 bridgehead atoms. The molecule has 1 aliphatic heterocycles. The minimum absolute atomic E-state index is 0.0284. The first-order chi connectivity index (χ1) is 6.24. The van der Waals surface area contributed by atoms with Crippen LogP contribution in [0.1, 0.15) is 22.8 Å². The predicted octanol–water partition coefficient (Wildman–Crippen LogP) is 1.92. The molecule has 2 rings (SSSR count). The van der Waals surface area contributed by atoms with Gasteiger partial charge in [0.2, 0.25) is 0 Å². The highest BCUT2D eigenvalue weighted by Crippen LogP contribution is 2.34. The standard InChI is InChI=1S/C10H8O3/c1-2-8-6-4-3-5-7(11)9(6)10(12)13-8/h2-5,11H,1H3/b8-2-. The maximum atomic E-state index is 11.2. The summed E-state index contributed by atoms with van der Waals surface area (Å²) in [5.41, 5.74) is 0.920. The van der Waals surface area contributed by atoms with Crippen molar-refractivity contribution in [1.29, 1.82) is 0 Å². The Kier molecular flexibility index (Phi) is 1.59. The number of rotatable bonds is 0. The zero-order valence-corrected chi connectivity index (χ0v) is 7.07. The number of hydrogen-bond donors (Lipinski definition) is 1. The van der Waals surface area contributed by atoms with Gasteiger partial charge in [0, 0.05) is 5.56 Å². The van der Waals surface area contributed by atoms with Crippen LogP contribution in [0.5, 0.6) is 5.75 Å². The van der Waals surface area contributed by atoms with Gasteiger partial charge in [-0.25, -0.2) is 4.79 Å². The number of phenols is 1. The summed E-state index contributed by atoms with van der Waals surface area (Å²) in [7, 11) is 0. The molecule has 0 saturated carbocycles. The summed E-state index contributed by atoms with van der Waals surface area (Å²) in [5, 5.41) is 9.39. The zero-order chi connectivity index (χ0) is 9.42. The minimum atomic E-state index is -0.485. The molecule has 13 heavy (non-hydrogen) atoms. The number of cyclic esters (lactones) is 1. The van der Waals surface area contributed by atoms with Crippen LogP contribution in [0.2, 0.25) is 0 Å². The van der Waals surface area contributed by atoms with Crippen molar-refractivity contribution in [2.45, 2.75) is 6.92 Å². The van der Waals surface area contributed by atoms with Gasteiger partial charge in [0.05, 0.1) is 0 Å².